The molecule has 0 saturated heterocycles. The topological polar surface area (TPSA) is 28.1 Å². The zero-order chi connectivity index (χ0) is 18.1. The Morgan fingerprint density at radius 1 is 1.25 bits per heavy atom. The molecular weight excluding hydrogens is 319 g/mol. The SMILES string of the molecule is [CH]c1ccc(C2=NC(C(F)(F)F)ON2C(C)CN(C)C(C)C)cc1. The van der Waals surface area contributed by atoms with E-state index in [-0.39, 0.29) is 17.9 Å². The zero-order valence-electron chi connectivity index (χ0n) is 14.2. The standard InChI is InChI=1S/C17H22F3N3O/c1-11(2)22(5)10-13(4)23-15(14-8-6-12(3)7-9-14)21-16(24-23)17(18,19)20/h3,6-9,11,13,16H,10H2,1-2,4-5H3. The predicted octanol–water partition coefficient (Wildman–Crippen LogP) is 3.36. The minimum Gasteiger partial charge on any atom is -0.302 e. The molecule has 2 atom stereocenters. The third kappa shape index (κ3) is 4.27. The van der Waals surface area contributed by atoms with Crippen LogP contribution in [0.1, 0.15) is 31.9 Å². The van der Waals surface area contributed by atoms with Crippen LogP contribution in [0.3, 0.4) is 0 Å². The van der Waals surface area contributed by atoms with Crippen molar-refractivity contribution < 1.29 is 18.0 Å². The molecule has 2 unspecified atom stereocenters. The highest BCUT2D eigenvalue weighted by Gasteiger charge is 2.48. The molecule has 0 amide bonds. The number of halogens is 3. The Kier molecular flexibility index (Phi) is 5.55. The third-order valence-corrected chi connectivity index (χ3v) is 3.94. The summed E-state index contributed by atoms with van der Waals surface area (Å²) in [5, 5.41) is 1.25. The van der Waals surface area contributed by atoms with Gasteiger partial charge in [0.1, 0.15) is 0 Å². The number of aliphatic imine (C=N–C) groups is 1. The highest BCUT2D eigenvalue weighted by molar-refractivity contribution is 5.99. The van der Waals surface area contributed by atoms with E-state index < -0.39 is 12.4 Å². The largest absolute Gasteiger partial charge is 0.437 e. The molecule has 132 valence electrons. The number of rotatable bonds is 5. The summed E-state index contributed by atoms with van der Waals surface area (Å²) in [5.41, 5.74) is 1.07. The first-order valence-corrected chi connectivity index (χ1v) is 7.76. The van der Waals surface area contributed by atoms with Crippen molar-refractivity contribution in [1.82, 2.24) is 9.96 Å². The van der Waals surface area contributed by atoms with Crippen molar-refractivity contribution >= 4 is 5.84 Å². The van der Waals surface area contributed by atoms with Gasteiger partial charge in [-0.1, -0.05) is 24.3 Å². The number of nitrogens with zero attached hydrogens (tertiary/aromatic N) is 3. The third-order valence-electron chi connectivity index (χ3n) is 3.94. The van der Waals surface area contributed by atoms with Crippen LogP contribution >= 0.6 is 0 Å². The fraction of sp³-hybridized carbons (Fsp3) is 0.529. The first-order chi connectivity index (χ1) is 11.1. The average molecular weight is 341 g/mol. The molecule has 0 fully saturated rings. The lowest BCUT2D eigenvalue weighted by molar-refractivity contribution is -0.268. The summed E-state index contributed by atoms with van der Waals surface area (Å²) in [6.45, 7) is 12.0. The second-order valence-corrected chi connectivity index (χ2v) is 6.28. The Hall–Kier alpha value is -1.60. The molecule has 4 nitrogen and oxygen atoms in total. The molecule has 0 saturated carbocycles. The second-order valence-electron chi connectivity index (χ2n) is 6.28. The maximum absolute atomic E-state index is 13.1. The number of hydrogen-bond donors (Lipinski definition) is 0. The van der Waals surface area contributed by atoms with Crippen LogP contribution in [0.25, 0.3) is 0 Å². The fourth-order valence-electron chi connectivity index (χ4n) is 2.33. The van der Waals surface area contributed by atoms with Gasteiger partial charge in [-0.25, -0.2) is 14.9 Å². The van der Waals surface area contributed by atoms with E-state index in [1.54, 1.807) is 24.3 Å². The first-order valence-electron chi connectivity index (χ1n) is 7.76. The van der Waals surface area contributed by atoms with Gasteiger partial charge in [0.05, 0.1) is 6.04 Å². The smallest absolute Gasteiger partial charge is 0.302 e. The number of hydrogen-bond acceptors (Lipinski definition) is 4. The molecule has 0 N–H and O–H groups in total. The Balaban J connectivity index is 2.28. The lowest BCUT2D eigenvalue weighted by Crippen LogP contribution is -2.45. The quantitative estimate of drug-likeness (QED) is 0.822. The number of hydroxylamine groups is 2. The number of amidine groups is 1. The van der Waals surface area contributed by atoms with E-state index in [9.17, 15) is 13.2 Å². The summed E-state index contributed by atoms with van der Waals surface area (Å²) in [4.78, 5) is 10.9. The van der Waals surface area contributed by atoms with Crippen LogP contribution in [0, 0.1) is 6.92 Å². The van der Waals surface area contributed by atoms with Gasteiger partial charge in [0.25, 0.3) is 6.23 Å². The van der Waals surface area contributed by atoms with Gasteiger partial charge in [-0.2, -0.15) is 13.2 Å². The molecule has 1 heterocycles. The van der Waals surface area contributed by atoms with E-state index >= 15 is 0 Å². The maximum Gasteiger partial charge on any atom is 0.437 e. The van der Waals surface area contributed by atoms with Crippen molar-refractivity contribution in [2.24, 2.45) is 4.99 Å². The first kappa shape index (κ1) is 18.7. The van der Waals surface area contributed by atoms with Crippen LogP contribution in [0.2, 0.25) is 0 Å². The Bertz CT molecular complexity index is 584. The average Bonchev–Trinajstić information content (AvgIpc) is 2.93. The number of likely N-dealkylation sites (N-methyl/N-ethyl adjacent to an activating group) is 1. The van der Waals surface area contributed by atoms with Gasteiger partial charge in [-0.15, -0.1) is 0 Å². The van der Waals surface area contributed by atoms with Crippen LogP contribution in [-0.2, 0) is 4.84 Å². The molecule has 0 aliphatic carbocycles. The highest BCUT2D eigenvalue weighted by Crippen LogP contribution is 2.31. The molecule has 2 rings (SSSR count). The molecule has 24 heavy (non-hydrogen) atoms. The van der Waals surface area contributed by atoms with E-state index in [1.165, 1.54) is 5.06 Å². The lowest BCUT2D eigenvalue weighted by Gasteiger charge is -2.31. The molecule has 1 aromatic rings. The fourth-order valence-corrected chi connectivity index (χ4v) is 2.33. The molecule has 0 spiro atoms. The van der Waals surface area contributed by atoms with Crippen molar-refractivity contribution in [2.45, 2.75) is 45.3 Å². The zero-order valence-corrected chi connectivity index (χ0v) is 14.2. The van der Waals surface area contributed by atoms with E-state index in [2.05, 4.69) is 4.99 Å². The van der Waals surface area contributed by atoms with Crippen molar-refractivity contribution in [1.29, 1.82) is 0 Å². The molecule has 1 aliphatic rings. The highest BCUT2D eigenvalue weighted by atomic mass is 19.4. The minimum atomic E-state index is -4.56. The van der Waals surface area contributed by atoms with Crippen molar-refractivity contribution in [3.63, 3.8) is 0 Å². The van der Waals surface area contributed by atoms with Crippen LogP contribution in [0.5, 0.6) is 0 Å². The summed E-state index contributed by atoms with van der Waals surface area (Å²) in [6.07, 6.45) is -6.74. The van der Waals surface area contributed by atoms with Crippen molar-refractivity contribution in [2.75, 3.05) is 13.6 Å². The molecule has 2 radical (unpaired) electrons. The molecule has 1 aliphatic heterocycles. The van der Waals surface area contributed by atoms with E-state index in [0.29, 0.717) is 17.7 Å². The Morgan fingerprint density at radius 3 is 2.33 bits per heavy atom. The molecule has 0 aromatic heterocycles. The molecule has 1 aromatic carbocycles. The molecule has 7 heteroatoms. The monoisotopic (exact) mass is 341 g/mol. The van der Waals surface area contributed by atoms with Gasteiger partial charge in [0, 0.05) is 18.2 Å². The predicted molar refractivity (Wildman–Crippen MR) is 86.4 cm³/mol. The normalized spacial score (nSPS) is 20.0. The Labute approximate surface area is 140 Å². The summed E-state index contributed by atoms with van der Waals surface area (Å²) in [7, 11) is 1.92. The van der Waals surface area contributed by atoms with Crippen molar-refractivity contribution in [3.05, 3.63) is 42.3 Å². The number of alkyl halides is 3. The maximum atomic E-state index is 13.1. The molecular formula is C17H22F3N3O. The van der Waals surface area contributed by atoms with Gasteiger partial charge in [0.15, 0.2) is 5.84 Å². The van der Waals surface area contributed by atoms with Crippen LogP contribution in [0.15, 0.2) is 29.3 Å². The van der Waals surface area contributed by atoms with Crippen LogP contribution < -0.4 is 0 Å². The van der Waals surface area contributed by atoms with E-state index in [4.69, 9.17) is 11.8 Å². The summed E-state index contributed by atoms with van der Waals surface area (Å²) < 4.78 is 39.2. The molecule has 0 bridgehead atoms. The van der Waals surface area contributed by atoms with E-state index in [1.807, 2.05) is 32.7 Å². The van der Waals surface area contributed by atoms with Gasteiger partial charge in [-0.05, 0) is 40.3 Å². The summed E-state index contributed by atoms with van der Waals surface area (Å²) in [5.74, 6) is 0.169. The second kappa shape index (κ2) is 7.11. The van der Waals surface area contributed by atoms with Gasteiger partial charge in [-0.3, -0.25) is 0 Å². The van der Waals surface area contributed by atoms with Crippen LogP contribution in [0.4, 0.5) is 13.2 Å². The van der Waals surface area contributed by atoms with Gasteiger partial charge < -0.3 is 4.90 Å². The van der Waals surface area contributed by atoms with Crippen molar-refractivity contribution in [3.8, 4) is 0 Å². The van der Waals surface area contributed by atoms with Gasteiger partial charge >= 0.3 is 6.18 Å². The van der Waals surface area contributed by atoms with Gasteiger partial charge in [0.2, 0.25) is 0 Å². The lowest BCUT2D eigenvalue weighted by atomic mass is 10.1. The van der Waals surface area contributed by atoms with Crippen LogP contribution in [-0.4, -0.2) is 53.9 Å². The summed E-state index contributed by atoms with van der Waals surface area (Å²) >= 11 is 0. The minimum absolute atomic E-state index is 0.169. The van der Waals surface area contributed by atoms with E-state index in [0.717, 1.165) is 0 Å². The Morgan fingerprint density at radius 2 is 1.83 bits per heavy atom. The summed E-state index contributed by atoms with van der Waals surface area (Å²) in [6, 6.07) is 6.50. The number of benzene rings is 1.